The van der Waals surface area contributed by atoms with Gasteiger partial charge in [0.15, 0.2) is 5.79 Å². The van der Waals surface area contributed by atoms with Crippen molar-refractivity contribution >= 4 is 52.2 Å². The second-order valence-electron chi connectivity index (χ2n) is 11.5. The van der Waals surface area contributed by atoms with Crippen LogP contribution in [-0.4, -0.2) is 46.7 Å². The third kappa shape index (κ3) is 6.45. The Balaban J connectivity index is 0. The molecule has 238 valence electrons. The molecule has 3 saturated carbocycles. The van der Waals surface area contributed by atoms with Crippen LogP contribution in [0.1, 0.15) is 99.5 Å². The largest absolute Gasteiger partial charge is 0.385 e. The van der Waals surface area contributed by atoms with Gasteiger partial charge in [0.2, 0.25) is 0 Å². The van der Waals surface area contributed by atoms with E-state index in [4.69, 9.17) is 15.9 Å². The molecule has 6 rings (SSSR count). The summed E-state index contributed by atoms with van der Waals surface area (Å²) in [6, 6.07) is 8.88. The first-order chi connectivity index (χ1) is 16.3. The minimum absolute atomic E-state index is 0. The Kier molecular flexibility index (Phi) is 15.9. The van der Waals surface area contributed by atoms with E-state index in [-0.39, 0.29) is 81.5 Å². The van der Waals surface area contributed by atoms with Crippen LogP contribution in [-0.2, 0) is 9.47 Å². The summed E-state index contributed by atoms with van der Waals surface area (Å²) in [6.45, 7) is 3.45. The zero-order valence-electron chi connectivity index (χ0n) is 21.8. The van der Waals surface area contributed by atoms with Gasteiger partial charge in [0.05, 0.1) is 18.8 Å². The Morgan fingerprint density at radius 1 is 0.927 bits per heavy atom. The molecule has 0 unspecified atom stereocenters. The van der Waals surface area contributed by atoms with Crippen molar-refractivity contribution < 1.29 is 19.7 Å². The molecule has 1 heterocycles. The molecular formula is C33H58O4S4. The van der Waals surface area contributed by atoms with E-state index >= 15 is 0 Å². The lowest BCUT2D eigenvalue weighted by Crippen LogP contribution is -2.55. The lowest BCUT2D eigenvalue weighted by atomic mass is 9.49. The number of aliphatic hydroxyl groups is 2. The number of ether oxygens (including phenoxy) is 2. The standard InChI is InChI=1S/C29H36O4S.4CH4.3H2S/c1-4-28(31)13-10-23-21-9-12-27(30)18-29(32-15-16-33-29)14-11-24(27)25(21)22(17-26(23,28)2)19-5-7-20(34-3)8-6-19;;;;;;;/h1,5-8,21-23,30-31H,9-18H2,2-3H3;4*1H4;3*1H2/t21-,22+,23-,26-,27+,28-;;;;;;;/m0......./s1. The number of terminal acetylenes is 1. The molecule has 2 N–H and O–H groups in total. The number of fused-ring (bicyclic) bond motifs is 4. The molecule has 41 heavy (non-hydrogen) atoms. The van der Waals surface area contributed by atoms with Crippen molar-refractivity contribution in [3.05, 3.63) is 41.0 Å². The van der Waals surface area contributed by atoms with E-state index in [0.29, 0.717) is 37.9 Å². The summed E-state index contributed by atoms with van der Waals surface area (Å²) in [5.41, 5.74) is 1.66. The maximum atomic E-state index is 12.1. The first kappa shape index (κ1) is 42.9. The van der Waals surface area contributed by atoms with E-state index in [2.05, 4.69) is 43.4 Å². The van der Waals surface area contributed by atoms with Crippen molar-refractivity contribution in [2.24, 2.45) is 17.3 Å². The average molecular weight is 647 g/mol. The molecule has 4 aliphatic carbocycles. The van der Waals surface area contributed by atoms with Crippen LogP contribution in [0.4, 0.5) is 0 Å². The predicted molar refractivity (Wildman–Crippen MR) is 191 cm³/mol. The highest BCUT2D eigenvalue weighted by molar-refractivity contribution is 7.98. The zero-order chi connectivity index (χ0) is 23.8. The molecule has 1 aromatic carbocycles. The molecule has 4 fully saturated rings. The Bertz CT molecular complexity index is 1060. The zero-order valence-corrected chi connectivity index (χ0v) is 25.6. The summed E-state index contributed by atoms with van der Waals surface area (Å²) in [4.78, 5) is 1.24. The van der Waals surface area contributed by atoms with Gasteiger partial charge in [-0.25, -0.2) is 0 Å². The van der Waals surface area contributed by atoms with Crippen molar-refractivity contribution in [3.63, 3.8) is 0 Å². The third-order valence-corrected chi connectivity index (χ3v) is 10.9. The van der Waals surface area contributed by atoms with Gasteiger partial charge >= 0.3 is 0 Å². The average Bonchev–Trinajstić information content (AvgIpc) is 3.39. The van der Waals surface area contributed by atoms with E-state index in [1.807, 2.05) is 0 Å². The third-order valence-electron chi connectivity index (χ3n) is 10.1. The fourth-order valence-corrected chi connectivity index (χ4v) is 8.80. The molecule has 1 aliphatic heterocycles. The van der Waals surface area contributed by atoms with Crippen LogP contribution in [0.5, 0.6) is 0 Å². The minimum atomic E-state index is -1.07. The fraction of sp³-hybridized carbons (Fsp3) is 0.697. The van der Waals surface area contributed by atoms with Gasteiger partial charge in [-0.15, -0.1) is 18.2 Å². The summed E-state index contributed by atoms with van der Waals surface area (Å²) in [5.74, 6) is 3.04. The monoisotopic (exact) mass is 646 g/mol. The molecule has 5 aliphatic rings. The summed E-state index contributed by atoms with van der Waals surface area (Å²) in [6.07, 6.45) is 14.3. The van der Waals surface area contributed by atoms with Gasteiger partial charge in [-0.05, 0) is 79.9 Å². The summed E-state index contributed by atoms with van der Waals surface area (Å²) >= 11 is 1.75. The fourth-order valence-electron chi connectivity index (χ4n) is 8.39. The van der Waals surface area contributed by atoms with E-state index in [1.54, 1.807) is 11.8 Å². The summed E-state index contributed by atoms with van der Waals surface area (Å²) in [7, 11) is 0. The quantitative estimate of drug-likeness (QED) is 0.194. The highest BCUT2D eigenvalue weighted by Crippen LogP contribution is 2.67. The molecule has 8 heteroatoms. The van der Waals surface area contributed by atoms with Gasteiger partial charge in [0, 0.05) is 29.1 Å². The lowest BCUT2D eigenvalue weighted by molar-refractivity contribution is -0.208. The maximum absolute atomic E-state index is 12.1. The van der Waals surface area contributed by atoms with Gasteiger partial charge in [-0.3, -0.25) is 0 Å². The van der Waals surface area contributed by atoms with E-state index in [0.717, 1.165) is 38.5 Å². The van der Waals surface area contributed by atoms with Gasteiger partial charge in [0.1, 0.15) is 5.60 Å². The number of allylic oxidation sites excluding steroid dienone is 1. The summed E-state index contributed by atoms with van der Waals surface area (Å²) in [5, 5.41) is 23.6. The number of hydrogen-bond donors (Lipinski definition) is 2. The lowest BCUT2D eigenvalue weighted by Gasteiger charge is -2.57. The van der Waals surface area contributed by atoms with Crippen LogP contribution in [0.15, 0.2) is 40.3 Å². The number of hydrogen-bond acceptors (Lipinski definition) is 5. The Morgan fingerprint density at radius 3 is 2.10 bits per heavy atom. The predicted octanol–water partition coefficient (Wildman–Crippen LogP) is 7.92. The van der Waals surface area contributed by atoms with E-state index in [9.17, 15) is 10.2 Å². The Morgan fingerprint density at radius 2 is 1.54 bits per heavy atom. The minimum Gasteiger partial charge on any atom is -0.385 e. The van der Waals surface area contributed by atoms with Gasteiger partial charge in [-0.1, -0.05) is 60.3 Å². The molecule has 0 bridgehead atoms. The van der Waals surface area contributed by atoms with Crippen LogP contribution >= 0.6 is 52.2 Å². The van der Waals surface area contributed by atoms with Crippen LogP contribution in [0.3, 0.4) is 0 Å². The molecule has 4 nitrogen and oxygen atoms in total. The highest BCUT2D eigenvalue weighted by atomic mass is 32.2. The molecule has 0 aromatic heterocycles. The number of rotatable bonds is 2. The van der Waals surface area contributed by atoms with Gasteiger partial charge in [0.25, 0.3) is 0 Å². The Hall–Kier alpha value is -0.240. The van der Waals surface area contributed by atoms with Crippen molar-refractivity contribution in [1.29, 1.82) is 0 Å². The second-order valence-corrected chi connectivity index (χ2v) is 12.4. The SMILES string of the molecule is C.C.C.C.C#C[C@]1(O)CC[C@H]2[C@@H]3CC[C@@]4(O)CC5(CCC4=C3[C@@H](c3ccc(SC)cc3)C[C@@]21C)OCCO5.S.S.S. The first-order valence-electron chi connectivity index (χ1n) is 12.8. The van der Waals surface area contributed by atoms with Gasteiger partial charge in [-0.2, -0.15) is 40.5 Å². The molecule has 6 atom stereocenters. The van der Waals surface area contributed by atoms with Crippen molar-refractivity contribution in [2.75, 3.05) is 19.5 Å². The number of thioether (sulfide) groups is 1. The van der Waals surface area contributed by atoms with E-state index in [1.165, 1.54) is 21.6 Å². The molecule has 1 aromatic rings. The van der Waals surface area contributed by atoms with Crippen molar-refractivity contribution in [1.82, 2.24) is 0 Å². The first-order valence-corrected chi connectivity index (χ1v) is 14.1. The van der Waals surface area contributed by atoms with Crippen LogP contribution < -0.4 is 0 Å². The van der Waals surface area contributed by atoms with Crippen molar-refractivity contribution in [2.45, 2.75) is 116 Å². The van der Waals surface area contributed by atoms with Crippen LogP contribution in [0, 0.1) is 29.6 Å². The van der Waals surface area contributed by atoms with Gasteiger partial charge < -0.3 is 19.7 Å². The van der Waals surface area contributed by atoms with Crippen molar-refractivity contribution in [3.8, 4) is 12.3 Å². The highest BCUT2D eigenvalue weighted by Gasteiger charge is 2.64. The maximum Gasteiger partial charge on any atom is 0.171 e. The molecular weight excluding hydrogens is 589 g/mol. The topological polar surface area (TPSA) is 58.9 Å². The Labute approximate surface area is 276 Å². The molecule has 1 saturated heterocycles. The van der Waals surface area contributed by atoms with E-state index < -0.39 is 17.0 Å². The normalized spacial score (nSPS) is 35.4. The smallest absolute Gasteiger partial charge is 0.171 e. The summed E-state index contributed by atoms with van der Waals surface area (Å²) < 4.78 is 12.1. The molecule has 1 spiro atoms. The van der Waals surface area contributed by atoms with Crippen LogP contribution in [0.2, 0.25) is 0 Å². The molecule has 0 amide bonds. The van der Waals surface area contributed by atoms with Crippen LogP contribution in [0.25, 0.3) is 0 Å². The molecule has 0 radical (unpaired) electrons. The number of benzene rings is 1. The second kappa shape index (κ2) is 15.2.